The first-order valence-corrected chi connectivity index (χ1v) is 7.22. The van der Waals surface area contributed by atoms with Gasteiger partial charge in [-0.1, -0.05) is 0 Å². The minimum atomic E-state index is -0.0413. The largest absolute Gasteiger partial charge is 0.379 e. The highest BCUT2D eigenvalue weighted by Crippen LogP contribution is 2.19. The number of morpholine rings is 1. The summed E-state index contributed by atoms with van der Waals surface area (Å²) in [5.74, 6) is 0.636. The Morgan fingerprint density at radius 2 is 1.74 bits per heavy atom. The third-order valence-electron chi connectivity index (χ3n) is 3.99. The molecule has 0 saturated carbocycles. The van der Waals surface area contributed by atoms with E-state index in [2.05, 4.69) is 4.90 Å². The molecule has 0 atom stereocenters. The maximum atomic E-state index is 11.8. The zero-order chi connectivity index (χ0) is 13.7. The smallest absolute Gasteiger partial charge is 0.230 e. The van der Waals surface area contributed by atoms with Gasteiger partial charge in [-0.05, 0) is 25.7 Å². The van der Waals surface area contributed by atoms with Crippen LogP contribution in [0.4, 0.5) is 0 Å². The van der Waals surface area contributed by atoms with Crippen LogP contribution >= 0.6 is 0 Å². The predicted octanol–water partition coefficient (Wildman–Crippen LogP) is 0.536. The van der Waals surface area contributed by atoms with Gasteiger partial charge in [-0.2, -0.15) is 0 Å². The Bertz CT molecular complexity index is 319. The molecule has 2 aliphatic heterocycles. The van der Waals surface area contributed by atoms with Gasteiger partial charge in [-0.3, -0.25) is 14.5 Å². The average Bonchev–Trinajstić information content (AvgIpc) is 2.40. The Labute approximate surface area is 114 Å². The van der Waals surface area contributed by atoms with Crippen molar-refractivity contribution in [2.45, 2.75) is 26.2 Å². The third kappa shape index (κ3) is 4.58. The minimum absolute atomic E-state index is 0.00248. The summed E-state index contributed by atoms with van der Waals surface area (Å²) in [5, 5.41) is 0. The quantitative estimate of drug-likeness (QED) is 0.698. The molecule has 2 aliphatic rings. The molecule has 2 saturated heterocycles. The highest BCUT2D eigenvalue weighted by Gasteiger charge is 2.25. The number of likely N-dealkylation sites (tertiary alicyclic amines) is 1. The van der Waals surface area contributed by atoms with Crippen LogP contribution in [-0.2, 0) is 14.3 Å². The molecule has 0 unspecified atom stereocenters. The maximum Gasteiger partial charge on any atom is 0.230 e. The Balaban J connectivity index is 1.69. The molecule has 2 rings (SSSR count). The number of amides is 1. The lowest BCUT2D eigenvalue weighted by Gasteiger charge is -2.36. The average molecular weight is 268 g/mol. The van der Waals surface area contributed by atoms with E-state index in [4.69, 9.17) is 4.74 Å². The van der Waals surface area contributed by atoms with Crippen LogP contribution in [0.15, 0.2) is 0 Å². The maximum absolute atomic E-state index is 11.8. The molecule has 0 spiro atoms. The molecule has 0 N–H and O–H groups in total. The van der Waals surface area contributed by atoms with Gasteiger partial charge in [0, 0.05) is 32.7 Å². The molecule has 5 heteroatoms. The fourth-order valence-electron chi connectivity index (χ4n) is 2.84. The molecule has 0 aromatic rings. The number of hydrogen-bond donors (Lipinski definition) is 0. The van der Waals surface area contributed by atoms with E-state index < -0.39 is 0 Å². The third-order valence-corrected chi connectivity index (χ3v) is 3.99. The number of carbonyl (C=O) groups excluding carboxylic acids is 2. The summed E-state index contributed by atoms with van der Waals surface area (Å²) in [7, 11) is 0. The summed E-state index contributed by atoms with van der Waals surface area (Å²) in [5.41, 5.74) is 0. The van der Waals surface area contributed by atoms with Gasteiger partial charge in [-0.25, -0.2) is 0 Å². The topological polar surface area (TPSA) is 49.9 Å². The number of Topliss-reactive ketones (excluding diaryl/α,β-unsaturated/α-hetero) is 1. The Morgan fingerprint density at radius 3 is 2.32 bits per heavy atom. The molecule has 0 aromatic heterocycles. The number of nitrogens with zero attached hydrogens (tertiary/aromatic N) is 2. The number of ether oxygens (including phenoxy) is 1. The fraction of sp³-hybridized carbons (Fsp3) is 0.857. The Morgan fingerprint density at radius 1 is 1.11 bits per heavy atom. The molecule has 19 heavy (non-hydrogen) atoms. The first-order chi connectivity index (χ1) is 9.15. The molecule has 0 bridgehead atoms. The summed E-state index contributed by atoms with van der Waals surface area (Å²) < 4.78 is 5.35. The molecule has 108 valence electrons. The number of hydrogen-bond acceptors (Lipinski definition) is 4. The van der Waals surface area contributed by atoms with Gasteiger partial charge in [0.25, 0.3) is 0 Å². The van der Waals surface area contributed by atoms with Crippen LogP contribution in [0.25, 0.3) is 0 Å². The molecule has 0 aromatic carbocycles. The van der Waals surface area contributed by atoms with Crippen LogP contribution in [-0.4, -0.2) is 67.4 Å². The summed E-state index contributed by atoms with van der Waals surface area (Å²) in [6.45, 7) is 7.96. The minimum Gasteiger partial charge on any atom is -0.379 e. The van der Waals surface area contributed by atoms with Crippen molar-refractivity contribution in [2.24, 2.45) is 5.92 Å². The Kier molecular flexibility index (Phi) is 5.34. The van der Waals surface area contributed by atoms with Gasteiger partial charge in [0.15, 0.2) is 0 Å². The van der Waals surface area contributed by atoms with Crippen LogP contribution < -0.4 is 0 Å². The van der Waals surface area contributed by atoms with Gasteiger partial charge >= 0.3 is 0 Å². The SMILES string of the molecule is CC(=O)CC(=O)N1CCC(CN2CCOCC2)CC1. The standard InChI is InChI=1S/C14H24N2O3/c1-12(17)10-14(18)16-4-2-13(3-5-16)11-15-6-8-19-9-7-15/h13H,2-11H2,1H3. The number of piperidine rings is 1. The van der Waals surface area contributed by atoms with Gasteiger partial charge in [-0.15, -0.1) is 0 Å². The van der Waals surface area contributed by atoms with Crippen molar-refractivity contribution in [2.75, 3.05) is 45.9 Å². The number of rotatable bonds is 4. The van der Waals surface area contributed by atoms with E-state index in [0.29, 0.717) is 5.92 Å². The monoisotopic (exact) mass is 268 g/mol. The van der Waals surface area contributed by atoms with Crippen molar-refractivity contribution >= 4 is 11.7 Å². The van der Waals surface area contributed by atoms with Crippen LogP contribution in [0.5, 0.6) is 0 Å². The molecule has 2 fully saturated rings. The lowest BCUT2D eigenvalue weighted by Crippen LogP contribution is -2.44. The first-order valence-electron chi connectivity index (χ1n) is 7.22. The van der Waals surface area contributed by atoms with Gasteiger partial charge in [0.1, 0.15) is 5.78 Å². The lowest BCUT2D eigenvalue weighted by molar-refractivity contribution is -0.136. The van der Waals surface area contributed by atoms with E-state index in [0.717, 1.165) is 58.8 Å². The van der Waals surface area contributed by atoms with Gasteiger partial charge in [0.2, 0.25) is 5.91 Å². The molecule has 0 radical (unpaired) electrons. The second-order valence-corrected chi connectivity index (χ2v) is 5.62. The van der Waals surface area contributed by atoms with Crippen molar-refractivity contribution < 1.29 is 14.3 Å². The van der Waals surface area contributed by atoms with Gasteiger partial charge < -0.3 is 9.64 Å². The first kappa shape index (κ1) is 14.5. The van der Waals surface area contributed by atoms with E-state index in [1.807, 2.05) is 4.90 Å². The normalized spacial score (nSPS) is 22.5. The van der Waals surface area contributed by atoms with E-state index in [1.54, 1.807) is 0 Å². The van der Waals surface area contributed by atoms with Crippen LogP contribution in [0.2, 0.25) is 0 Å². The van der Waals surface area contributed by atoms with E-state index in [9.17, 15) is 9.59 Å². The summed E-state index contributed by atoms with van der Waals surface area (Å²) in [6, 6.07) is 0. The zero-order valence-corrected chi connectivity index (χ0v) is 11.8. The number of carbonyl (C=O) groups is 2. The van der Waals surface area contributed by atoms with Crippen LogP contribution in [0.3, 0.4) is 0 Å². The van der Waals surface area contributed by atoms with E-state index in [1.165, 1.54) is 6.92 Å². The number of ketones is 1. The van der Waals surface area contributed by atoms with E-state index >= 15 is 0 Å². The fourth-order valence-corrected chi connectivity index (χ4v) is 2.84. The van der Waals surface area contributed by atoms with E-state index in [-0.39, 0.29) is 18.1 Å². The van der Waals surface area contributed by atoms with Gasteiger partial charge in [0.05, 0.1) is 19.6 Å². The molecule has 0 aliphatic carbocycles. The van der Waals surface area contributed by atoms with Crippen molar-refractivity contribution in [1.82, 2.24) is 9.80 Å². The summed E-state index contributed by atoms with van der Waals surface area (Å²) in [6.07, 6.45) is 2.18. The van der Waals surface area contributed by atoms with Crippen LogP contribution in [0, 0.1) is 5.92 Å². The summed E-state index contributed by atoms with van der Waals surface area (Å²) in [4.78, 5) is 27.0. The van der Waals surface area contributed by atoms with Crippen LogP contribution in [0.1, 0.15) is 26.2 Å². The van der Waals surface area contributed by atoms with Crippen molar-refractivity contribution in [3.8, 4) is 0 Å². The van der Waals surface area contributed by atoms with Crippen molar-refractivity contribution in [3.63, 3.8) is 0 Å². The highest BCUT2D eigenvalue weighted by atomic mass is 16.5. The molecule has 1 amide bonds. The zero-order valence-electron chi connectivity index (χ0n) is 11.8. The molecular formula is C14H24N2O3. The molecule has 2 heterocycles. The predicted molar refractivity (Wildman–Crippen MR) is 71.9 cm³/mol. The van der Waals surface area contributed by atoms with Crippen molar-refractivity contribution in [3.05, 3.63) is 0 Å². The molecule has 5 nitrogen and oxygen atoms in total. The molecular weight excluding hydrogens is 244 g/mol. The van der Waals surface area contributed by atoms with Crippen molar-refractivity contribution in [1.29, 1.82) is 0 Å². The second-order valence-electron chi connectivity index (χ2n) is 5.62. The Hall–Kier alpha value is -0.940. The summed E-state index contributed by atoms with van der Waals surface area (Å²) >= 11 is 0. The second kappa shape index (κ2) is 7.01. The highest BCUT2D eigenvalue weighted by molar-refractivity contribution is 5.96. The lowest BCUT2D eigenvalue weighted by atomic mass is 9.95.